The van der Waals surface area contributed by atoms with E-state index in [9.17, 15) is 4.79 Å². The molecule has 6 rings (SSSR count). The molecule has 0 N–H and O–H groups in total. The fourth-order valence-electron chi connectivity index (χ4n) is 4.91. The van der Waals surface area contributed by atoms with Gasteiger partial charge in [-0.15, -0.1) is 11.3 Å². The molecule has 3 aliphatic rings. The molecule has 0 atom stereocenters. The number of amides is 1. The number of carbonyl (C=O) groups excluding carboxylic acids is 1. The molecule has 0 radical (unpaired) electrons. The number of rotatable bonds is 3. The van der Waals surface area contributed by atoms with Gasteiger partial charge in [0.05, 0.1) is 37.0 Å². The lowest BCUT2D eigenvalue weighted by atomic mass is 9.97. The fraction of sp³-hybridized carbons (Fsp3) is 0.435. The van der Waals surface area contributed by atoms with Crippen LogP contribution in [0, 0.1) is 0 Å². The molecule has 0 aliphatic carbocycles. The number of fused-ring (bicyclic) bond motifs is 2. The summed E-state index contributed by atoms with van der Waals surface area (Å²) in [6.45, 7) is 5.43. The average molecular weight is 436 g/mol. The molecule has 31 heavy (non-hydrogen) atoms. The van der Waals surface area contributed by atoms with Crippen LogP contribution in [0.5, 0.6) is 0 Å². The minimum Gasteiger partial charge on any atom is -0.377 e. The number of anilines is 2. The predicted molar refractivity (Wildman–Crippen MR) is 120 cm³/mol. The Morgan fingerprint density at radius 1 is 1.23 bits per heavy atom. The van der Waals surface area contributed by atoms with Gasteiger partial charge in [0.2, 0.25) is 5.91 Å². The van der Waals surface area contributed by atoms with Gasteiger partial charge in [-0.2, -0.15) is 5.10 Å². The SMILES string of the molecule is CC(=O)N1CCc2c(c(N3CCCc4cc(-c5cscn5)ccc43)nn2C2COC2)C1. The van der Waals surface area contributed by atoms with Crippen LogP contribution < -0.4 is 4.90 Å². The van der Waals surface area contributed by atoms with Gasteiger partial charge < -0.3 is 14.5 Å². The highest BCUT2D eigenvalue weighted by Crippen LogP contribution is 2.40. The first-order valence-electron chi connectivity index (χ1n) is 10.9. The Morgan fingerprint density at radius 3 is 2.87 bits per heavy atom. The summed E-state index contributed by atoms with van der Waals surface area (Å²) in [5.41, 5.74) is 9.12. The highest BCUT2D eigenvalue weighted by molar-refractivity contribution is 7.07. The summed E-state index contributed by atoms with van der Waals surface area (Å²) < 4.78 is 7.64. The van der Waals surface area contributed by atoms with E-state index < -0.39 is 0 Å². The summed E-state index contributed by atoms with van der Waals surface area (Å²) in [5.74, 6) is 1.14. The van der Waals surface area contributed by atoms with Crippen LogP contribution in [-0.4, -0.2) is 51.9 Å². The third-order valence-corrected chi connectivity index (χ3v) is 7.24. The minimum absolute atomic E-state index is 0.128. The zero-order chi connectivity index (χ0) is 20.9. The Kier molecular flexibility index (Phi) is 4.57. The number of hydrogen-bond acceptors (Lipinski definition) is 6. The fourth-order valence-corrected chi connectivity index (χ4v) is 5.47. The standard InChI is InChI=1S/C23H25N5O2S/c1-15(29)26-8-6-22-19(10-26)23(25-28(22)18-11-30-12-18)27-7-2-3-17-9-16(4-5-21(17)27)20-13-31-14-24-20/h4-5,9,13-14,18H,2-3,6-8,10-12H2,1H3. The van der Waals surface area contributed by atoms with Crippen molar-refractivity contribution in [2.24, 2.45) is 0 Å². The highest BCUT2D eigenvalue weighted by atomic mass is 32.1. The van der Waals surface area contributed by atoms with E-state index in [1.54, 1.807) is 18.3 Å². The highest BCUT2D eigenvalue weighted by Gasteiger charge is 2.34. The third kappa shape index (κ3) is 3.16. The van der Waals surface area contributed by atoms with Crippen molar-refractivity contribution < 1.29 is 9.53 Å². The molecule has 1 amide bonds. The second-order valence-electron chi connectivity index (χ2n) is 8.55. The van der Waals surface area contributed by atoms with Crippen molar-refractivity contribution in [2.45, 2.75) is 38.8 Å². The number of aromatic nitrogens is 3. The summed E-state index contributed by atoms with van der Waals surface area (Å²) in [6.07, 6.45) is 2.99. The zero-order valence-corrected chi connectivity index (χ0v) is 18.4. The van der Waals surface area contributed by atoms with Crippen LogP contribution in [0.3, 0.4) is 0 Å². The molecule has 0 spiro atoms. The molecule has 0 unspecified atom stereocenters. The summed E-state index contributed by atoms with van der Waals surface area (Å²) in [4.78, 5) is 20.9. The van der Waals surface area contributed by atoms with Crippen molar-refractivity contribution in [3.05, 3.63) is 45.9 Å². The van der Waals surface area contributed by atoms with Gasteiger partial charge in [0.25, 0.3) is 0 Å². The smallest absolute Gasteiger partial charge is 0.219 e. The molecule has 3 aromatic rings. The molecule has 2 aromatic heterocycles. The molecule has 0 bridgehead atoms. The first-order valence-corrected chi connectivity index (χ1v) is 11.9. The van der Waals surface area contributed by atoms with E-state index in [1.165, 1.54) is 28.1 Å². The Morgan fingerprint density at radius 2 is 2.13 bits per heavy atom. The van der Waals surface area contributed by atoms with Crippen molar-refractivity contribution in [2.75, 3.05) is 31.2 Å². The lowest BCUT2D eigenvalue weighted by Crippen LogP contribution is -2.37. The number of thiazole rings is 1. The first-order chi connectivity index (χ1) is 15.2. The largest absolute Gasteiger partial charge is 0.377 e. The van der Waals surface area contributed by atoms with Gasteiger partial charge in [0.1, 0.15) is 0 Å². The normalized spacial score (nSPS) is 18.5. The molecule has 7 nitrogen and oxygen atoms in total. The summed E-state index contributed by atoms with van der Waals surface area (Å²) in [7, 11) is 0. The molecule has 3 aliphatic heterocycles. The quantitative estimate of drug-likeness (QED) is 0.629. The third-order valence-electron chi connectivity index (χ3n) is 6.66. The monoisotopic (exact) mass is 435 g/mol. The van der Waals surface area contributed by atoms with Crippen molar-refractivity contribution in [1.82, 2.24) is 19.7 Å². The van der Waals surface area contributed by atoms with Gasteiger partial charge in [-0.25, -0.2) is 4.98 Å². The van der Waals surface area contributed by atoms with Crippen LogP contribution in [0.25, 0.3) is 11.3 Å². The van der Waals surface area contributed by atoms with Crippen molar-refractivity contribution in [3.63, 3.8) is 0 Å². The van der Waals surface area contributed by atoms with Crippen LogP contribution in [-0.2, 0) is 28.9 Å². The molecule has 160 valence electrons. The van der Waals surface area contributed by atoms with Crippen molar-refractivity contribution in [3.8, 4) is 11.3 Å². The van der Waals surface area contributed by atoms with Gasteiger partial charge in [-0.05, 0) is 30.5 Å². The number of benzene rings is 1. The number of ether oxygens (including phenoxy) is 1. The maximum absolute atomic E-state index is 12.1. The van der Waals surface area contributed by atoms with E-state index in [-0.39, 0.29) is 5.91 Å². The maximum atomic E-state index is 12.1. The maximum Gasteiger partial charge on any atom is 0.219 e. The lowest BCUT2D eigenvalue weighted by Gasteiger charge is -2.33. The van der Waals surface area contributed by atoms with E-state index in [4.69, 9.17) is 9.84 Å². The first kappa shape index (κ1) is 19.0. The van der Waals surface area contributed by atoms with Gasteiger partial charge in [-0.1, -0.05) is 6.07 Å². The van der Waals surface area contributed by atoms with Crippen LogP contribution in [0.4, 0.5) is 11.5 Å². The van der Waals surface area contributed by atoms with Crippen molar-refractivity contribution >= 4 is 28.7 Å². The van der Waals surface area contributed by atoms with Crippen LogP contribution in [0.15, 0.2) is 29.1 Å². The lowest BCUT2D eigenvalue weighted by molar-refractivity contribution is -0.129. The Labute approximate surface area is 185 Å². The number of carbonyl (C=O) groups is 1. The molecular formula is C23H25N5O2S. The summed E-state index contributed by atoms with van der Waals surface area (Å²) in [5, 5.41) is 7.21. The van der Waals surface area contributed by atoms with Crippen LogP contribution in [0.1, 0.15) is 36.2 Å². The van der Waals surface area contributed by atoms with Crippen molar-refractivity contribution in [1.29, 1.82) is 0 Å². The molecule has 1 fully saturated rings. The van der Waals surface area contributed by atoms with Crippen LogP contribution >= 0.6 is 11.3 Å². The summed E-state index contributed by atoms with van der Waals surface area (Å²) in [6, 6.07) is 6.97. The Balaban J connectivity index is 1.42. The molecule has 5 heterocycles. The molecule has 8 heteroatoms. The zero-order valence-electron chi connectivity index (χ0n) is 17.6. The summed E-state index contributed by atoms with van der Waals surface area (Å²) >= 11 is 1.62. The number of hydrogen-bond donors (Lipinski definition) is 0. The van der Waals surface area contributed by atoms with E-state index in [1.807, 2.05) is 10.4 Å². The average Bonchev–Trinajstić information content (AvgIpc) is 3.40. The number of nitrogens with zero attached hydrogens (tertiary/aromatic N) is 5. The molecular weight excluding hydrogens is 410 g/mol. The predicted octanol–water partition coefficient (Wildman–Crippen LogP) is 3.57. The van der Waals surface area contributed by atoms with Gasteiger partial charge in [-0.3, -0.25) is 9.48 Å². The molecule has 0 saturated carbocycles. The van der Waals surface area contributed by atoms with E-state index in [0.717, 1.165) is 57.1 Å². The van der Waals surface area contributed by atoms with E-state index in [0.29, 0.717) is 12.6 Å². The minimum atomic E-state index is 0.128. The van der Waals surface area contributed by atoms with Gasteiger partial charge in [0, 0.05) is 54.3 Å². The number of aryl methyl sites for hydroxylation is 1. The molecule has 1 aromatic carbocycles. The molecule has 1 saturated heterocycles. The van der Waals surface area contributed by atoms with Crippen LogP contribution in [0.2, 0.25) is 0 Å². The van der Waals surface area contributed by atoms with E-state index >= 15 is 0 Å². The second kappa shape index (κ2) is 7.46. The topological polar surface area (TPSA) is 63.5 Å². The second-order valence-corrected chi connectivity index (χ2v) is 9.27. The Hall–Kier alpha value is -2.71. The van der Waals surface area contributed by atoms with E-state index in [2.05, 4.69) is 38.1 Å². The van der Waals surface area contributed by atoms with Gasteiger partial charge >= 0.3 is 0 Å². The van der Waals surface area contributed by atoms with Gasteiger partial charge in [0.15, 0.2) is 5.82 Å². The Bertz CT molecular complexity index is 1140.